The molecule has 4 aromatic rings. The predicted octanol–water partition coefficient (Wildman–Crippen LogP) is 4.83. The minimum atomic E-state index is 0.568. The molecule has 0 radical (unpaired) electrons. The fourth-order valence-corrected chi connectivity index (χ4v) is 3.59. The highest BCUT2D eigenvalue weighted by Crippen LogP contribution is 2.33. The van der Waals surface area contributed by atoms with Gasteiger partial charge in [-0.25, -0.2) is 0 Å². The zero-order chi connectivity index (χ0) is 15.1. The van der Waals surface area contributed by atoms with Crippen LogP contribution in [-0.2, 0) is 0 Å². The summed E-state index contributed by atoms with van der Waals surface area (Å²) in [5.74, 6) is 0.711. The SMILES string of the molecule is Clc1ccc(-c2nn3c(-c4ccccc4)nnc3s2)c(Cl)c1. The van der Waals surface area contributed by atoms with Crippen LogP contribution < -0.4 is 0 Å². The lowest BCUT2D eigenvalue weighted by Crippen LogP contribution is -1.90. The third-order valence-corrected chi connectivity index (χ3v) is 4.66. The Kier molecular flexibility index (Phi) is 3.33. The Bertz CT molecular complexity index is 962. The van der Waals surface area contributed by atoms with Gasteiger partial charge < -0.3 is 0 Å². The maximum atomic E-state index is 6.25. The standard InChI is InChI=1S/C15H8Cl2N4S/c16-10-6-7-11(12(17)8-10)14-20-21-13(18-19-15(21)22-14)9-4-2-1-3-5-9/h1-8H. The molecule has 0 unspecified atom stereocenters. The summed E-state index contributed by atoms with van der Waals surface area (Å²) < 4.78 is 1.74. The Morgan fingerprint density at radius 1 is 0.955 bits per heavy atom. The van der Waals surface area contributed by atoms with Crippen LogP contribution in [0.2, 0.25) is 10.0 Å². The Hall–Kier alpha value is -1.95. The molecule has 2 aromatic heterocycles. The molecule has 2 heterocycles. The quantitative estimate of drug-likeness (QED) is 0.522. The minimum Gasteiger partial charge on any atom is -0.182 e. The van der Waals surface area contributed by atoms with E-state index in [1.807, 2.05) is 36.4 Å². The molecule has 0 saturated carbocycles. The van der Waals surface area contributed by atoms with Gasteiger partial charge in [-0.1, -0.05) is 64.9 Å². The molecule has 0 amide bonds. The average Bonchev–Trinajstić information content (AvgIpc) is 3.08. The molecule has 4 rings (SSSR count). The number of nitrogens with zero attached hydrogens (tertiary/aromatic N) is 4. The van der Waals surface area contributed by atoms with Crippen molar-refractivity contribution in [2.24, 2.45) is 0 Å². The van der Waals surface area contributed by atoms with Crippen LogP contribution in [0.1, 0.15) is 0 Å². The lowest BCUT2D eigenvalue weighted by molar-refractivity contribution is 0.971. The van der Waals surface area contributed by atoms with Gasteiger partial charge in [0.05, 0.1) is 5.02 Å². The molecule has 2 aromatic carbocycles. The molecule has 0 saturated heterocycles. The van der Waals surface area contributed by atoms with Crippen molar-refractivity contribution in [3.05, 3.63) is 58.6 Å². The van der Waals surface area contributed by atoms with Crippen molar-refractivity contribution in [2.45, 2.75) is 0 Å². The lowest BCUT2D eigenvalue weighted by Gasteiger charge is -2.00. The number of halogens is 2. The van der Waals surface area contributed by atoms with Crippen LogP contribution in [0.4, 0.5) is 0 Å². The molecule has 0 fully saturated rings. The van der Waals surface area contributed by atoms with E-state index in [0.29, 0.717) is 15.9 Å². The second kappa shape index (κ2) is 5.35. The second-order valence-electron chi connectivity index (χ2n) is 4.62. The molecule has 0 aliphatic rings. The predicted molar refractivity (Wildman–Crippen MR) is 89.6 cm³/mol. The number of hydrogen-bond acceptors (Lipinski definition) is 4. The van der Waals surface area contributed by atoms with Crippen LogP contribution in [0, 0.1) is 0 Å². The lowest BCUT2D eigenvalue weighted by atomic mass is 10.2. The Labute approximate surface area is 140 Å². The molecule has 0 spiro atoms. The molecule has 4 nitrogen and oxygen atoms in total. The van der Waals surface area contributed by atoms with Gasteiger partial charge in [0, 0.05) is 16.1 Å². The van der Waals surface area contributed by atoms with E-state index < -0.39 is 0 Å². The zero-order valence-electron chi connectivity index (χ0n) is 11.1. The Morgan fingerprint density at radius 3 is 2.55 bits per heavy atom. The van der Waals surface area contributed by atoms with E-state index >= 15 is 0 Å². The third-order valence-electron chi connectivity index (χ3n) is 3.18. The van der Waals surface area contributed by atoms with E-state index in [2.05, 4.69) is 15.3 Å². The van der Waals surface area contributed by atoms with E-state index in [4.69, 9.17) is 23.2 Å². The topological polar surface area (TPSA) is 43.1 Å². The monoisotopic (exact) mass is 346 g/mol. The molecule has 0 aliphatic carbocycles. The van der Waals surface area contributed by atoms with Crippen LogP contribution in [0.15, 0.2) is 48.5 Å². The minimum absolute atomic E-state index is 0.568. The van der Waals surface area contributed by atoms with Crippen molar-refractivity contribution >= 4 is 39.5 Å². The molecular formula is C15H8Cl2N4S. The number of benzene rings is 2. The largest absolute Gasteiger partial charge is 0.235 e. The van der Waals surface area contributed by atoms with Gasteiger partial charge in [0.15, 0.2) is 5.82 Å². The molecule has 108 valence electrons. The van der Waals surface area contributed by atoms with Gasteiger partial charge in [0.25, 0.3) is 0 Å². The summed E-state index contributed by atoms with van der Waals surface area (Å²) >= 11 is 13.6. The summed E-state index contributed by atoms with van der Waals surface area (Å²) in [6.45, 7) is 0. The van der Waals surface area contributed by atoms with Gasteiger partial charge in [0.2, 0.25) is 4.96 Å². The fraction of sp³-hybridized carbons (Fsp3) is 0. The fourth-order valence-electron chi connectivity index (χ4n) is 2.16. The summed E-state index contributed by atoms with van der Waals surface area (Å²) in [7, 11) is 0. The van der Waals surface area contributed by atoms with Gasteiger partial charge in [-0.2, -0.15) is 9.61 Å². The molecule has 0 N–H and O–H groups in total. The number of aromatic nitrogens is 4. The molecule has 7 heteroatoms. The van der Waals surface area contributed by atoms with Gasteiger partial charge in [-0.3, -0.25) is 0 Å². The van der Waals surface area contributed by atoms with Crippen LogP contribution in [0.3, 0.4) is 0 Å². The van der Waals surface area contributed by atoms with E-state index in [1.54, 1.807) is 16.6 Å². The Morgan fingerprint density at radius 2 is 1.77 bits per heavy atom. The average molecular weight is 347 g/mol. The summed E-state index contributed by atoms with van der Waals surface area (Å²) in [5.41, 5.74) is 1.80. The van der Waals surface area contributed by atoms with Crippen molar-refractivity contribution in [1.29, 1.82) is 0 Å². The summed E-state index contributed by atoms with van der Waals surface area (Å²) in [5, 5.41) is 14.9. The van der Waals surface area contributed by atoms with Crippen molar-refractivity contribution in [1.82, 2.24) is 19.8 Å². The number of fused-ring (bicyclic) bond motifs is 1. The Balaban J connectivity index is 1.87. The van der Waals surface area contributed by atoms with Gasteiger partial charge in [-0.05, 0) is 18.2 Å². The highest BCUT2D eigenvalue weighted by atomic mass is 35.5. The number of hydrogen-bond donors (Lipinski definition) is 0. The van der Waals surface area contributed by atoms with E-state index in [9.17, 15) is 0 Å². The number of rotatable bonds is 2. The molecule has 22 heavy (non-hydrogen) atoms. The third kappa shape index (κ3) is 2.27. The van der Waals surface area contributed by atoms with E-state index in [0.717, 1.165) is 21.1 Å². The van der Waals surface area contributed by atoms with Crippen molar-refractivity contribution in [3.8, 4) is 22.0 Å². The maximum absolute atomic E-state index is 6.25. The molecule has 0 atom stereocenters. The van der Waals surface area contributed by atoms with Crippen molar-refractivity contribution in [3.63, 3.8) is 0 Å². The van der Waals surface area contributed by atoms with E-state index in [-0.39, 0.29) is 0 Å². The summed E-state index contributed by atoms with van der Waals surface area (Å²) in [4.78, 5) is 0.722. The molecule has 0 bridgehead atoms. The van der Waals surface area contributed by atoms with Crippen LogP contribution >= 0.6 is 34.5 Å². The van der Waals surface area contributed by atoms with Crippen LogP contribution in [0.25, 0.3) is 26.9 Å². The van der Waals surface area contributed by atoms with Gasteiger partial charge >= 0.3 is 0 Å². The maximum Gasteiger partial charge on any atom is 0.235 e. The van der Waals surface area contributed by atoms with Crippen LogP contribution in [-0.4, -0.2) is 19.8 Å². The normalized spacial score (nSPS) is 11.2. The van der Waals surface area contributed by atoms with Crippen molar-refractivity contribution < 1.29 is 0 Å². The highest BCUT2D eigenvalue weighted by Gasteiger charge is 2.15. The van der Waals surface area contributed by atoms with Gasteiger partial charge in [0.1, 0.15) is 5.01 Å². The highest BCUT2D eigenvalue weighted by molar-refractivity contribution is 7.19. The van der Waals surface area contributed by atoms with E-state index in [1.165, 1.54) is 11.3 Å². The molecule has 0 aliphatic heterocycles. The first kappa shape index (κ1) is 13.7. The zero-order valence-corrected chi connectivity index (χ0v) is 13.4. The summed E-state index contributed by atoms with van der Waals surface area (Å²) in [6.07, 6.45) is 0. The van der Waals surface area contributed by atoms with Crippen LogP contribution in [0.5, 0.6) is 0 Å². The first-order valence-corrected chi connectivity index (χ1v) is 8.03. The summed E-state index contributed by atoms with van der Waals surface area (Å²) in [6, 6.07) is 15.2. The smallest absolute Gasteiger partial charge is 0.182 e. The van der Waals surface area contributed by atoms with Gasteiger partial charge in [-0.15, -0.1) is 10.2 Å². The first-order valence-electron chi connectivity index (χ1n) is 6.45. The molecular weight excluding hydrogens is 339 g/mol. The first-order chi connectivity index (χ1) is 10.7. The second-order valence-corrected chi connectivity index (χ2v) is 6.41. The van der Waals surface area contributed by atoms with Crippen molar-refractivity contribution in [2.75, 3.05) is 0 Å².